The summed E-state index contributed by atoms with van der Waals surface area (Å²) in [5.74, 6) is 1.74. The van der Waals surface area contributed by atoms with Crippen molar-refractivity contribution in [2.75, 3.05) is 33.2 Å². The van der Waals surface area contributed by atoms with Crippen LogP contribution in [0.3, 0.4) is 0 Å². The van der Waals surface area contributed by atoms with Gasteiger partial charge in [0.05, 0.1) is 6.54 Å². The topological polar surface area (TPSA) is 39.7 Å². The van der Waals surface area contributed by atoms with Gasteiger partial charge in [-0.05, 0) is 69.9 Å². The Hall–Kier alpha value is -1.26. The second-order valence-corrected chi connectivity index (χ2v) is 6.72. The van der Waals surface area contributed by atoms with Gasteiger partial charge in [0.25, 0.3) is 0 Å². The smallest absolute Gasteiger partial charge is 0.191 e. The summed E-state index contributed by atoms with van der Waals surface area (Å²) in [6.07, 6.45) is 3.85. The van der Waals surface area contributed by atoms with Crippen molar-refractivity contribution in [1.29, 1.82) is 0 Å². The molecular formula is C18H29ClN4. The van der Waals surface area contributed by atoms with Crippen LogP contribution in [0.1, 0.15) is 31.7 Å². The Kier molecular flexibility index (Phi) is 7.69. The second kappa shape index (κ2) is 9.78. The van der Waals surface area contributed by atoms with Crippen LogP contribution >= 0.6 is 11.6 Å². The number of guanidine groups is 1. The van der Waals surface area contributed by atoms with E-state index in [0.717, 1.165) is 30.0 Å². The monoisotopic (exact) mass is 336 g/mol. The van der Waals surface area contributed by atoms with Gasteiger partial charge >= 0.3 is 0 Å². The Balaban J connectivity index is 1.76. The molecule has 0 atom stereocenters. The van der Waals surface area contributed by atoms with Crippen LogP contribution in [-0.2, 0) is 6.54 Å². The Morgan fingerprint density at radius 2 is 1.91 bits per heavy atom. The van der Waals surface area contributed by atoms with Gasteiger partial charge in [-0.25, -0.2) is 4.99 Å². The molecule has 0 amide bonds. The number of nitrogens with one attached hydrogen (secondary N) is 2. The summed E-state index contributed by atoms with van der Waals surface area (Å²) in [4.78, 5) is 7.07. The molecule has 1 fully saturated rings. The summed E-state index contributed by atoms with van der Waals surface area (Å²) >= 11 is 5.91. The van der Waals surface area contributed by atoms with Gasteiger partial charge in [0.2, 0.25) is 0 Å². The van der Waals surface area contributed by atoms with Crippen molar-refractivity contribution in [2.45, 2.75) is 32.7 Å². The molecule has 0 radical (unpaired) electrons. The molecule has 4 nitrogen and oxygen atoms in total. The van der Waals surface area contributed by atoms with Crippen LogP contribution in [0.25, 0.3) is 0 Å². The van der Waals surface area contributed by atoms with Gasteiger partial charge in [-0.3, -0.25) is 0 Å². The fourth-order valence-corrected chi connectivity index (χ4v) is 2.97. The van der Waals surface area contributed by atoms with Crippen molar-refractivity contribution in [1.82, 2.24) is 15.5 Å². The standard InChI is InChI=1S/C18H29ClN4/c1-3-20-18(22-14-16-4-6-17(19)7-5-16)21-11-8-15-9-12-23(2)13-10-15/h4-7,15H,3,8-14H2,1-2H3,(H2,20,21,22). The predicted octanol–water partition coefficient (Wildman–Crippen LogP) is 3.13. The van der Waals surface area contributed by atoms with E-state index in [9.17, 15) is 0 Å². The van der Waals surface area contributed by atoms with E-state index in [4.69, 9.17) is 11.6 Å². The van der Waals surface area contributed by atoms with E-state index in [2.05, 4.69) is 34.5 Å². The molecule has 1 aliphatic rings. The normalized spacial score (nSPS) is 17.3. The number of likely N-dealkylation sites (tertiary alicyclic amines) is 1. The zero-order valence-electron chi connectivity index (χ0n) is 14.3. The van der Waals surface area contributed by atoms with Gasteiger partial charge in [0, 0.05) is 18.1 Å². The Morgan fingerprint density at radius 1 is 1.22 bits per heavy atom. The maximum Gasteiger partial charge on any atom is 0.191 e. The molecule has 128 valence electrons. The van der Waals surface area contributed by atoms with E-state index in [1.54, 1.807) is 0 Å². The van der Waals surface area contributed by atoms with E-state index < -0.39 is 0 Å². The summed E-state index contributed by atoms with van der Waals surface area (Å²) in [6, 6.07) is 7.86. The van der Waals surface area contributed by atoms with Crippen LogP contribution in [-0.4, -0.2) is 44.1 Å². The highest BCUT2D eigenvalue weighted by molar-refractivity contribution is 6.30. The minimum atomic E-state index is 0.667. The van der Waals surface area contributed by atoms with E-state index in [1.165, 1.54) is 37.9 Å². The highest BCUT2D eigenvalue weighted by Gasteiger charge is 2.16. The van der Waals surface area contributed by atoms with Crippen LogP contribution in [0.5, 0.6) is 0 Å². The fourth-order valence-electron chi connectivity index (χ4n) is 2.85. The first-order chi connectivity index (χ1) is 11.2. The quantitative estimate of drug-likeness (QED) is 0.619. The number of nitrogens with zero attached hydrogens (tertiary/aromatic N) is 2. The molecule has 1 aliphatic heterocycles. The lowest BCUT2D eigenvalue weighted by molar-refractivity contribution is 0.213. The van der Waals surface area contributed by atoms with E-state index in [-0.39, 0.29) is 0 Å². The maximum absolute atomic E-state index is 5.91. The predicted molar refractivity (Wildman–Crippen MR) is 99.1 cm³/mol. The molecule has 0 aromatic heterocycles. The van der Waals surface area contributed by atoms with Crippen LogP contribution in [0.2, 0.25) is 5.02 Å². The Morgan fingerprint density at radius 3 is 2.57 bits per heavy atom. The summed E-state index contributed by atoms with van der Waals surface area (Å²) in [7, 11) is 2.21. The summed E-state index contributed by atoms with van der Waals surface area (Å²) in [5, 5.41) is 7.54. The summed E-state index contributed by atoms with van der Waals surface area (Å²) in [6.45, 7) is 7.09. The van der Waals surface area contributed by atoms with Gasteiger partial charge in [-0.2, -0.15) is 0 Å². The van der Waals surface area contributed by atoms with Gasteiger partial charge in [0.15, 0.2) is 5.96 Å². The molecule has 1 aromatic carbocycles. The first-order valence-corrected chi connectivity index (χ1v) is 9.00. The molecule has 1 saturated heterocycles. The molecule has 1 aromatic rings. The molecular weight excluding hydrogens is 308 g/mol. The van der Waals surface area contributed by atoms with Crippen LogP contribution in [0, 0.1) is 5.92 Å². The molecule has 2 rings (SSSR count). The van der Waals surface area contributed by atoms with Crippen LogP contribution in [0.4, 0.5) is 0 Å². The highest BCUT2D eigenvalue weighted by atomic mass is 35.5. The molecule has 0 saturated carbocycles. The van der Waals surface area contributed by atoms with Gasteiger partial charge in [-0.15, -0.1) is 0 Å². The first-order valence-electron chi connectivity index (χ1n) is 8.62. The number of halogens is 1. The van der Waals surface area contributed by atoms with Crippen molar-refractivity contribution in [2.24, 2.45) is 10.9 Å². The van der Waals surface area contributed by atoms with Crippen LogP contribution in [0.15, 0.2) is 29.3 Å². The van der Waals surface area contributed by atoms with Crippen molar-refractivity contribution < 1.29 is 0 Å². The number of hydrogen-bond donors (Lipinski definition) is 2. The average Bonchev–Trinajstić information content (AvgIpc) is 2.56. The third kappa shape index (κ3) is 6.80. The van der Waals surface area contributed by atoms with Crippen LogP contribution < -0.4 is 10.6 Å². The lowest BCUT2D eigenvalue weighted by Crippen LogP contribution is -2.39. The van der Waals surface area contributed by atoms with E-state index >= 15 is 0 Å². The molecule has 0 aliphatic carbocycles. The minimum Gasteiger partial charge on any atom is -0.357 e. The fraction of sp³-hybridized carbons (Fsp3) is 0.611. The SMILES string of the molecule is CCNC(=NCc1ccc(Cl)cc1)NCCC1CCN(C)CC1. The first kappa shape index (κ1) is 18.1. The number of rotatable bonds is 6. The number of aliphatic imine (C=N–C) groups is 1. The molecule has 0 bridgehead atoms. The minimum absolute atomic E-state index is 0.667. The molecule has 0 unspecified atom stereocenters. The Bertz CT molecular complexity index is 478. The summed E-state index contributed by atoms with van der Waals surface area (Å²) < 4.78 is 0. The number of hydrogen-bond acceptors (Lipinski definition) is 2. The van der Waals surface area contributed by atoms with Gasteiger partial charge in [-0.1, -0.05) is 23.7 Å². The molecule has 5 heteroatoms. The molecule has 1 heterocycles. The van der Waals surface area contributed by atoms with Crippen molar-refractivity contribution in [3.8, 4) is 0 Å². The highest BCUT2D eigenvalue weighted by Crippen LogP contribution is 2.18. The average molecular weight is 337 g/mol. The third-order valence-corrected chi connectivity index (χ3v) is 4.61. The Labute approximate surface area is 145 Å². The zero-order valence-corrected chi connectivity index (χ0v) is 15.1. The van der Waals surface area contributed by atoms with E-state index in [0.29, 0.717) is 6.54 Å². The number of benzene rings is 1. The second-order valence-electron chi connectivity index (χ2n) is 6.28. The summed E-state index contributed by atoms with van der Waals surface area (Å²) in [5.41, 5.74) is 1.17. The van der Waals surface area contributed by atoms with Gasteiger partial charge < -0.3 is 15.5 Å². The maximum atomic E-state index is 5.91. The van der Waals surface area contributed by atoms with E-state index in [1.807, 2.05) is 24.3 Å². The lowest BCUT2D eigenvalue weighted by Gasteiger charge is -2.29. The number of piperidine rings is 1. The lowest BCUT2D eigenvalue weighted by atomic mass is 9.94. The third-order valence-electron chi connectivity index (χ3n) is 4.36. The van der Waals surface area contributed by atoms with Crippen molar-refractivity contribution >= 4 is 17.6 Å². The largest absolute Gasteiger partial charge is 0.357 e. The van der Waals surface area contributed by atoms with Crippen molar-refractivity contribution in [3.63, 3.8) is 0 Å². The van der Waals surface area contributed by atoms with Crippen molar-refractivity contribution in [3.05, 3.63) is 34.9 Å². The molecule has 23 heavy (non-hydrogen) atoms. The molecule has 2 N–H and O–H groups in total. The zero-order chi connectivity index (χ0) is 16.5. The molecule has 0 spiro atoms. The van der Waals surface area contributed by atoms with Gasteiger partial charge in [0.1, 0.15) is 0 Å².